The Morgan fingerprint density at radius 3 is 2.35 bits per heavy atom. The summed E-state index contributed by atoms with van der Waals surface area (Å²) in [5.74, 6) is 1.06. The first-order valence-electron chi connectivity index (χ1n) is 5.01. The van der Waals surface area contributed by atoms with Gasteiger partial charge in [0, 0.05) is 5.56 Å². The van der Waals surface area contributed by atoms with Gasteiger partial charge in [-0.2, -0.15) is 5.26 Å². The number of hydrogen-bond acceptors (Lipinski definition) is 4. The largest absolute Gasteiger partial charge is 0.496 e. The lowest BCUT2D eigenvalue weighted by Crippen LogP contribution is -1.95. The fraction of sp³-hybridized carbons (Fsp3) is 0.231. The van der Waals surface area contributed by atoms with Crippen LogP contribution in [0.1, 0.15) is 22.3 Å². The molecular weight excluding hydrogens is 218 g/mol. The molecule has 0 atom stereocenters. The van der Waals surface area contributed by atoms with Gasteiger partial charge in [0.05, 0.1) is 32.3 Å². The third kappa shape index (κ3) is 3.08. The summed E-state index contributed by atoms with van der Waals surface area (Å²) >= 11 is 0. The number of carbonyl (C=O) groups excluding carboxylic acids is 1. The highest BCUT2D eigenvalue weighted by atomic mass is 16.5. The number of benzene rings is 1. The Morgan fingerprint density at radius 2 is 1.82 bits per heavy atom. The second-order valence-corrected chi connectivity index (χ2v) is 3.22. The quantitative estimate of drug-likeness (QED) is 0.730. The zero-order valence-electron chi connectivity index (χ0n) is 9.77. The summed E-state index contributed by atoms with van der Waals surface area (Å²) < 4.78 is 10.3. The maximum Gasteiger partial charge on any atom is 0.153 e. The molecule has 0 aromatic heterocycles. The molecule has 0 aliphatic heterocycles. The highest BCUT2D eigenvalue weighted by Gasteiger charge is 2.08. The monoisotopic (exact) mass is 231 g/mol. The number of methoxy groups -OCH3 is 2. The number of allylic oxidation sites excluding steroid dienone is 1. The highest BCUT2D eigenvalue weighted by Crippen LogP contribution is 2.28. The van der Waals surface area contributed by atoms with Crippen LogP contribution in [0.5, 0.6) is 11.5 Å². The van der Waals surface area contributed by atoms with Crippen LogP contribution in [0, 0.1) is 11.3 Å². The zero-order valence-corrected chi connectivity index (χ0v) is 9.77. The van der Waals surface area contributed by atoms with Crippen molar-refractivity contribution in [2.24, 2.45) is 0 Å². The average Bonchev–Trinajstić information content (AvgIpc) is 2.38. The van der Waals surface area contributed by atoms with E-state index in [4.69, 9.17) is 14.7 Å². The van der Waals surface area contributed by atoms with Crippen LogP contribution in [0.15, 0.2) is 18.2 Å². The second-order valence-electron chi connectivity index (χ2n) is 3.22. The summed E-state index contributed by atoms with van der Waals surface area (Å²) in [5.41, 5.74) is 1.20. The Hall–Kier alpha value is -2.28. The lowest BCUT2D eigenvalue weighted by Gasteiger charge is -2.09. The van der Waals surface area contributed by atoms with Gasteiger partial charge >= 0.3 is 0 Å². The van der Waals surface area contributed by atoms with Crippen LogP contribution < -0.4 is 9.47 Å². The molecule has 0 bridgehead atoms. The molecular formula is C13H13NO3. The number of hydrogen-bond donors (Lipinski definition) is 0. The van der Waals surface area contributed by atoms with E-state index in [0.29, 0.717) is 29.8 Å². The van der Waals surface area contributed by atoms with Crippen molar-refractivity contribution in [3.8, 4) is 17.6 Å². The number of rotatable bonds is 5. The highest BCUT2D eigenvalue weighted by molar-refractivity contribution is 5.82. The maximum absolute atomic E-state index is 10.8. The van der Waals surface area contributed by atoms with Gasteiger partial charge in [0.2, 0.25) is 0 Å². The van der Waals surface area contributed by atoms with Gasteiger partial charge in [-0.15, -0.1) is 0 Å². The fourth-order valence-corrected chi connectivity index (χ4v) is 1.41. The molecule has 1 aromatic carbocycles. The molecule has 4 nitrogen and oxygen atoms in total. The number of carbonyl (C=O) groups is 1. The van der Waals surface area contributed by atoms with E-state index >= 15 is 0 Å². The SMILES string of the molecule is COc1cc(C=CCC#N)c(OC)cc1C=O. The van der Waals surface area contributed by atoms with Crippen molar-refractivity contribution < 1.29 is 14.3 Å². The molecule has 0 saturated heterocycles. The van der Waals surface area contributed by atoms with Crippen LogP contribution in [-0.2, 0) is 0 Å². The van der Waals surface area contributed by atoms with Crippen molar-refractivity contribution in [3.63, 3.8) is 0 Å². The molecule has 1 rings (SSSR count). The number of aldehydes is 1. The van der Waals surface area contributed by atoms with Crippen molar-refractivity contribution in [1.29, 1.82) is 5.26 Å². The van der Waals surface area contributed by atoms with E-state index in [1.165, 1.54) is 14.2 Å². The van der Waals surface area contributed by atoms with Gasteiger partial charge < -0.3 is 9.47 Å². The van der Waals surface area contributed by atoms with E-state index in [9.17, 15) is 4.79 Å². The van der Waals surface area contributed by atoms with Gasteiger partial charge in [0.15, 0.2) is 6.29 Å². The normalized spacial score (nSPS) is 9.94. The van der Waals surface area contributed by atoms with Gasteiger partial charge in [-0.3, -0.25) is 4.79 Å². The lowest BCUT2D eigenvalue weighted by molar-refractivity contribution is 0.112. The van der Waals surface area contributed by atoms with Gasteiger partial charge in [-0.05, 0) is 12.1 Å². The Labute approximate surface area is 100 Å². The fourth-order valence-electron chi connectivity index (χ4n) is 1.41. The van der Waals surface area contributed by atoms with Crippen LogP contribution in [0.4, 0.5) is 0 Å². The third-order valence-corrected chi connectivity index (χ3v) is 2.22. The van der Waals surface area contributed by atoms with E-state index < -0.39 is 0 Å². The van der Waals surface area contributed by atoms with Crippen LogP contribution >= 0.6 is 0 Å². The third-order valence-electron chi connectivity index (χ3n) is 2.22. The smallest absolute Gasteiger partial charge is 0.153 e. The van der Waals surface area contributed by atoms with Crippen LogP contribution in [-0.4, -0.2) is 20.5 Å². The average molecular weight is 231 g/mol. The minimum atomic E-state index is 0.320. The van der Waals surface area contributed by atoms with Crippen molar-refractivity contribution in [2.75, 3.05) is 14.2 Å². The van der Waals surface area contributed by atoms with Gasteiger partial charge in [0.25, 0.3) is 0 Å². The van der Waals surface area contributed by atoms with Crippen LogP contribution in [0.2, 0.25) is 0 Å². The molecule has 0 aliphatic carbocycles. The topological polar surface area (TPSA) is 59.3 Å². The predicted molar refractivity (Wildman–Crippen MR) is 64.2 cm³/mol. The standard InChI is InChI=1S/C13H13NO3/c1-16-12-8-11(9-15)13(17-2)7-10(12)5-3-4-6-14/h3,5,7-9H,4H2,1-2H3. The maximum atomic E-state index is 10.8. The molecule has 0 spiro atoms. The predicted octanol–water partition coefficient (Wildman–Crippen LogP) is 2.44. The Morgan fingerprint density at radius 1 is 1.24 bits per heavy atom. The molecule has 88 valence electrons. The van der Waals surface area contributed by atoms with Gasteiger partial charge in [0.1, 0.15) is 11.5 Å². The summed E-state index contributed by atoms with van der Waals surface area (Å²) in [6.07, 6.45) is 4.52. The minimum Gasteiger partial charge on any atom is -0.496 e. The second kappa shape index (κ2) is 6.33. The van der Waals surface area contributed by atoms with Gasteiger partial charge in [-0.1, -0.05) is 12.2 Å². The van der Waals surface area contributed by atoms with E-state index in [-0.39, 0.29) is 0 Å². The Kier molecular flexibility index (Phi) is 4.77. The summed E-state index contributed by atoms with van der Waals surface area (Å²) in [4.78, 5) is 10.8. The van der Waals surface area contributed by atoms with E-state index in [0.717, 1.165) is 5.56 Å². The molecule has 1 aromatic rings. The summed E-state index contributed by atoms with van der Waals surface area (Å²) in [7, 11) is 3.02. The molecule has 0 amide bonds. The molecule has 17 heavy (non-hydrogen) atoms. The number of nitriles is 1. The number of nitrogens with zero attached hydrogens (tertiary/aromatic N) is 1. The molecule has 0 aliphatic rings. The number of ether oxygens (including phenoxy) is 2. The molecule has 0 N–H and O–H groups in total. The summed E-state index contributed by atoms with van der Waals surface area (Å²) in [6, 6.07) is 5.33. The van der Waals surface area contributed by atoms with E-state index in [1.54, 1.807) is 24.3 Å². The van der Waals surface area contributed by atoms with E-state index in [1.807, 2.05) is 6.07 Å². The van der Waals surface area contributed by atoms with Gasteiger partial charge in [-0.25, -0.2) is 0 Å². The molecule has 0 heterocycles. The zero-order chi connectivity index (χ0) is 12.7. The molecule has 0 radical (unpaired) electrons. The first kappa shape index (κ1) is 12.8. The minimum absolute atomic E-state index is 0.320. The molecule has 0 unspecified atom stereocenters. The summed E-state index contributed by atoms with van der Waals surface area (Å²) in [6.45, 7) is 0. The lowest BCUT2D eigenvalue weighted by atomic mass is 10.1. The van der Waals surface area contributed by atoms with Crippen LogP contribution in [0.25, 0.3) is 6.08 Å². The van der Waals surface area contributed by atoms with Crippen LogP contribution in [0.3, 0.4) is 0 Å². The Bertz CT molecular complexity index is 472. The molecule has 4 heteroatoms. The summed E-state index contributed by atoms with van der Waals surface area (Å²) in [5, 5.41) is 8.45. The first-order chi connectivity index (χ1) is 8.26. The van der Waals surface area contributed by atoms with Crippen molar-refractivity contribution >= 4 is 12.4 Å². The van der Waals surface area contributed by atoms with Crippen molar-refractivity contribution in [3.05, 3.63) is 29.3 Å². The van der Waals surface area contributed by atoms with Crippen molar-refractivity contribution in [1.82, 2.24) is 0 Å². The molecule has 0 fully saturated rings. The van der Waals surface area contributed by atoms with E-state index in [2.05, 4.69) is 0 Å². The first-order valence-corrected chi connectivity index (χ1v) is 5.01. The molecule has 0 saturated carbocycles. The van der Waals surface area contributed by atoms with Crippen molar-refractivity contribution in [2.45, 2.75) is 6.42 Å². The Balaban J connectivity index is 3.19.